The second kappa shape index (κ2) is 7.00. The lowest BCUT2D eigenvalue weighted by Gasteiger charge is -2.26. The van der Waals surface area contributed by atoms with Gasteiger partial charge in [-0.3, -0.25) is 14.6 Å². The summed E-state index contributed by atoms with van der Waals surface area (Å²) in [5.41, 5.74) is 2.45. The average molecular weight is 420 g/mol. The maximum atomic E-state index is 12.9. The van der Waals surface area contributed by atoms with E-state index in [0.29, 0.717) is 28.2 Å². The molecule has 1 atom stereocenters. The normalized spacial score (nSPS) is 18.6. The fraction of sp³-hybridized carbons (Fsp3) is 0.0870. The van der Waals surface area contributed by atoms with E-state index in [1.807, 2.05) is 6.07 Å². The Kier molecular flexibility index (Phi) is 4.29. The molecule has 5 rings (SSSR count). The number of hydrogen-bond donors (Lipinski definition) is 1. The standard InChI is InChI=1S/C23H14ClNO5/c24-16-9-13(3-5-17(16)26)15-10-20(27)29-18-6-4-14-22(28)19(30-23(14)21(15)18)8-12-2-1-7-25-11-12/h1-9,11,15,26H,10H2/b19-8-/t15-/m1/s1. The number of aromatic nitrogens is 1. The first kappa shape index (κ1) is 18.4. The molecular formula is C23H14ClNO5. The van der Waals surface area contributed by atoms with Crippen LogP contribution in [0.2, 0.25) is 5.02 Å². The number of fused-ring (bicyclic) bond motifs is 3. The summed E-state index contributed by atoms with van der Waals surface area (Å²) in [6.07, 6.45) is 4.96. The van der Waals surface area contributed by atoms with Crippen molar-refractivity contribution in [3.63, 3.8) is 0 Å². The molecule has 3 heterocycles. The van der Waals surface area contributed by atoms with Crippen LogP contribution in [0, 0.1) is 0 Å². The smallest absolute Gasteiger partial charge is 0.312 e. The number of aromatic hydroxyl groups is 1. The van der Waals surface area contributed by atoms with Crippen molar-refractivity contribution >= 4 is 29.4 Å². The van der Waals surface area contributed by atoms with Crippen molar-refractivity contribution in [3.05, 3.63) is 87.9 Å². The topological polar surface area (TPSA) is 85.7 Å². The molecule has 1 N–H and O–H groups in total. The first-order valence-electron chi connectivity index (χ1n) is 9.21. The Morgan fingerprint density at radius 1 is 1.13 bits per heavy atom. The van der Waals surface area contributed by atoms with E-state index in [-0.39, 0.29) is 28.7 Å². The largest absolute Gasteiger partial charge is 0.506 e. The second-order valence-electron chi connectivity index (χ2n) is 7.02. The predicted molar refractivity (Wildman–Crippen MR) is 109 cm³/mol. The Bertz CT molecular complexity index is 1240. The Balaban J connectivity index is 1.63. The van der Waals surface area contributed by atoms with E-state index in [9.17, 15) is 14.7 Å². The molecule has 0 aliphatic carbocycles. The molecule has 2 aliphatic rings. The molecule has 0 radical (unpaired) electrons. The summed E-state index contributed by atoms with van der Waals surface area (Å²) in [6, 6.07) is 11.6. The van der Waals surface area contributed by atoms with E-state index in [2.05, 4.69) is 4.98 Å². The number of allylic oxidation sites excluding steroid dienone is 1. The van der Waals surface area contributed by atoms with E-state index in [4.69, 9.17) is 21.1 Å². The Morgan fingerprint density at radius 2 is 2.00 bits per heavy atom. The molecule has 3 aromatic rings. The zero-order chi connectivity index (χ0) is 20.8. The van der Waals surface area contributed by atoms with E-state index >= 15 is 0 Å². The minimum absolute atomic E-state index is 0.0505. The summed E-state index contributed by atoms with van der Waals surface area (Å²) in [5, 5.41) is 9.92. The molecule has 6 nitrogen and oxygen atoms in total. The van der Waals surface area contributed by atoms with Crippen molar-refractivity contribution in [3.8, 4) is 17.2 Å². The number of nitrogens with zero attached hydrogens (tertiary/aromatic N) is 1. The number of carbonyl (C=O) groups is 2. The number of pyridine rings is 1. The molecule has 7 heteroatoms. The molecule has 0 saturated heterocycles. The predicted octanol–water partition coefficient (Wildman–Crippen LogP) is 4.50. The van der Waals surface area contributed by atoms with Crippen molar-refractivity contribution in [1.82, 2.24) is 4.98 Å². The minimum atomic E-state index is -0.431. The highest BCUT2D eigenvalue weighted by molar-refractivity contribution is 6.32. The van der Waals surface area contributed by atoms with Crippen LogP contribution in [0.3, 0.4) is 0 Å². The third-order valence-electron chi connectivity index (χ3n) is 5.14. The number of hydrogen-bond acceptors (Lipinski definition) is 6. The number of rotatable bonds is 2. The summed E-state index contributed by atoms with van der Waals surface area (Å²) in [6.45, 7) is 0. The minimum Gasteiger partial charge on any atom is -0.506 e. The van der Waals surface area contributed by atoms with E-state index in [0.717, 1.165) is 5.56 Å². The number of ketones is 1. The van der Waals surface area contributed by atoms with Crippen LogP contribution in [-0.2, 0) is 4.79 Å². The number of esters is 1. The summed E-state index contributed by atoms with van der Waals surface area (Å²) in [4.78, 5) is 29.2. The monoisotopic (exact) mass is 419 g/mol. The molecule has 1 aromatic heterocycles. The molecule has 2 aliphatic heterocycles. The molecule has 0 amide bonds. The highest BCUT2D eigenvalue weighted by Crippen LogP contribution is 2.49. The lowest BCUT2D eigenvalue weighted by Crippen LogP contribution is -2.21. The molecule has 0 fully saturated rings. The van der Waals surface area contributed by atoms with Crippen molar-refractivity contribution in [2.45, 2.75) is 12.3 Å². The number of Topliss-reactive ketones (excluding diaryl/α,β-unsaturated/α-hetero) is 1. The Labute approximate surface area is 176 Å². The molecule has 0 unspecified atom stereocenters. The molecule has 2 aromatic carbocycles. The maximum absolute atomic E-state index is 12.9. The average Bonchev–Trinajstić information content (AvgIpc) is 3.05. The third-order valence-corrected chi connectivity index (χ3v) is 5.44. The number of ether oxygens (including phenoxy) is 2. The van der Waals surface area contributed by atoms with Crippen LogP contribution in [0.5, 0.6) is 17.2 Å². The summed E-state index contributed by atoms with van der Waals surface area (Å²) >= 11 is 6.08. The zero-order valence-corrected chi connectivity index (χ0v) is 16.2. The number of carbonyl (C=O) groups excluding carboxylic acids is 2. The fourth-order valence-corrected chi connectivity index (χ4v) is 3.93. The van der Waals surface area contributed by atoms with Gasteiger partial charge < -0.3 is 14.6 Å². The summed E-state index contributed by atoms with van der Waals surface area (Å²) in [5.74, 6) is -0.247. The van der Waals surface area contributed by atoms with E-state index < -0.39 is 11.9 Å². The van der Waals surface area contributed by atoms with Gasteiger partial charge >= 0.3 is 5.97 Å². The van der Waals surface area contributed by atoms with Gasteiger partial charge in [0, 0.05) is 23.9 Å². The van der Waals surface area contributed by atoms with Crippen LogP contribution in [0.1, 0.15) is 39.4 Å². The SMILES string of the molecule is O=C1C[C@H](c2ccc(O)c(Cl)c2)c2c(ccc3c2O/C(=C\c2cccnc2)C3=O)O1. The van der Waals surface area contributed by atoms with E-state index in [1.165, 1.54) is 6.07 Å². The van der Waals surface area contributed by atoms with E-state index in [1.54, 1.807) is 48.8 Å². The van der Waals surface area contributed by atoms with Gasteiger partial charge in [-0.15, -0.1) is 0 Å². The number of phenols is 1. The van der Waals surface area contributed by atoms with Crippen LogP contribution in [0.4, 0.5) is 0 Å². The van der Waals surface area contributed by atoms with Gasteiger partial charge in [0.1, 0.15) is 17.2 Å². The number of halogens is 1. The van der Waals surface area contributed by atoms with Crippen LogP contribution < -0.4 is 9.47 Å². The van der Waals surface area contributed by atoms with Gasteiger partial charge in [0.05, 0.1) is 17.0 Å². The Morgan fingerprint density at radius 3 is 2.77 bits per heavy atom. The first-order chi connectivity index (χ1) is 14.5. The second-order valence-corrected chi connectivity index (χ2v) is 7.43. The van der Waals surface area contributed by atoms with Crippen molar-refractivity contribution in [2.24, 2.45) is 0 Å². The maximum Gasteiger partial charge on any atom is 0.312 e. The van der Waals surface area contributed by atoms with Gasteiger partial charge in [0.15, 0.2) is 5.76 Å². The first-order valence-corrected chi connectivity index (χ1v) is 9.59. The highest BCUT2D eigenvalue weighted by atomic mass is 35.5. The van der Waals surface area contributed by atoms with Gasteiger partial charge in [0.2, 0.25) is 5.78 Å². The van der Waals surface area contributed by atoms with Gasteiger partial charge in [-0.1, -0.05) is 23.7 Å². The lowest BCUT2D eigenvalue weighted by atomic mass is 9.84. The molecule has 0 bridgehead atoms. The molecule has 30 heavy (non-hydrogen) atoms. The van der Waals surface area contributed by atoms with Gasteiger partial charge in [-0.2, -0.15) is 0 Å². The quantitative estimate of drug-likeness (QED) is 0.374. The van der Waals surface area contributed by atoms with Gasteiger partial charge in [-0.25, -0.2) is 0 Å². The number of phenolic OH excluding ortho intramolecular Hbond substituents is 1. The molecular weight excluding hydrogens is 406 g/mol. The van der Waals surface area contributed by atoms with Crippen molar-refractivity contribution in [2.75, 3.05) is 0 Å². The fourth-order valence-electron chi connectivity index (χ4n) is 3.74. The van der Waals surface area contributed by atoms with Crippen molar-refractivity contribution in [1.29, 1.82) is 0 Å². The zero-order valence-electron chi connectivity index (χ0n) is 15.5. The third kappa shape index (κ3) is 3.02. The summed E-state index contributed by atoms with van der Waals surface area (Å²) < 4.78 is 11.4. The number of benzene rings is 2. The highest BCUT2D eigenvalue weighted by Gasteiger charge is 2.38. The van der Waals surface area contributed by atoms with Crippen molar-refractivity contribution < 1.29 is 24.2 Å². The summed E-state index contributed by atoms with van der Waals surface area (Å²) in [7, 11) is 0. The lowest BCUT2D eigenvalue weighted by molar-refractivity contribution is -0.135. The van der Waals surface area contributed by atoms with Crippen LogP contribution in [-0.4, -0.2) is 21.8 Å². The Hall–Kier alpha value is -3.64. The van der Waals surface area contributed by atoms with Gasteiger partial charge in [0.25, 0.3) is 0 Å². The van der Waals surface area contributed by atoms with Crippen LogP contribution in [0.15, 0.2) is 60.6 Å². The van der Waals surface area contributed by atoms with Crippen LogP contribution >= 0.6 is 11.6 Å². The van der Waals surface area contributed by atoms with Crippen LogP contribution in [0.25, 0.3) is 6.08 Å². The molecule has 148 valence electrons. The molecule has 0 spiro atoms. The van der Waals surface area contributed by atoms with Gasteiger partial charge in [-0.05, 0) is 47.5 Å². The molecule has 0 saturated carbocycles.